The molecule has 0 fully saturated rings. The Morgan fingerprint density at radius 3 is 2.66 bits per heavy atom. The minimum Gasteiger partial charge on any atom is -0.477 e. The molecule has 32 heavy (non-hydrogen) atoms. The normalized spacial score (nSPS) is 12.9. The fourth-order valence-corrected chi connectivity index (χ4v) is 4.40. The quantitative estimate of drug-likeness (QED) is 0.480. The third kappa shape index (κ3) is 3.49. The van der Waals surface area contributed by atoms with Crippen molar-refractivity contribution >= 4 is 46.0 Å². The van der Waals surface area contributed by atoms with E-state index in [0.29, 0.717) is 29.6 Å². The Balaban J connectivity index is 1.68. The van der Waals surface area contributed by atoms with Crippen LogP contribution in [-0.4, -0.2) is 25.6 Å². The summed E-state index contributed by atoms with van der Waals surface area (Å²) >= 11 is 12.8. The predicted octanol–water partition coefficient (Wildman–Crippen LogP) is 4.37. The number of fused-ring (bicyclic) bond motifs is 2. The number of hydrogen-bond donors (Lipinski definition) is 1. The molecule has 4 heterocycles. The van der Waals surface area contributed by atoms with Gasteiger partial charge in [0.25, 0.3) is 0 Å². The summed E-state index contributed by atoms with van der Waals surface area (Å²) in [5, 5.41) is 10.5. The van der Waals surface area contributed by atoms with Crippen molar-refractivity contribution in [3.8, 4) is 0 Å². The second-order valence-electron chi connectivity index (χ2n) is 7.53. The molecule has 1 aliphatic heterocycles. The van der Waals surface area contributed by atoms with Gasteiger partial charge >= 0.3 is 5.97 Å². The lowest BCUT2D eigenvalue weighted by atomic mass is 10.1. The van der Waals surface area contributed by atoms with Crippen LogP contribution in [0.25, 0.3) is 11.0 Å². The van der Waals surface area contributed by atoms with Gasteiger partial charge in [-0.3, -0.25) is 9.78 Å². The average Bonchev–Trinajstić information content (AvgIpc) is 3.20. The van der Waals surface area contributed by atoms with Gasteiger partial charge in [-0.1, -0.05) is 47.5 Å². The summed E-state index contributed by atoms with van der Waals surface area (Å²) < 4.78 is 1.63. The second-order valence-corrected chi connectivity index (χ2v) is 8.34. The standard InChI is InChI=1S/C23H16Cl2N4O3/c24-17-6-2-1-4-13(17)9-28-11-16(23(31)32)20(30)15-8-18(25)22(27-21(15)28)29-10-14-5-3-7-26-19(14)12-29/h1-8,11H,9-10,12H2,(H,31,32). The van der Waals surface area contributed by atoms with Gasteiger partial charge in [0.1, 0.15) is 11.2 Å². The Labute approximate surface area is 192 Å². The van der Waals surface area contributed by atoms with Crippen LogP contribution in [0.3, 0.4) is 0 Å². The molecule has 3 aromatic heterocycles. The number of carboxylic acid groups (broad SMARTS) is 1. The Bertz CT molecular complexity index is 1430. The van der Waals surface area contributed by atoms with Gasteiger partial charge in [-0.2, -0.15) is 0 Å². The largest absolute Gasteiger partial charge is 0.477 e. The monoisotopic (exact) mass is 466 g/mol. The highest BCUT2D eigenvalue weighted by molar-refractivity contribution is 6.33. The fraction of sp³-hybridized carbons (Fsp3) is 0.130. The first-order chi connectivity index (χ1) is 15.4. The first-order valence-corrected chi connectivity index (χ1v) is 10.6. The number of nitrogens with zero attached hydrogens (tertiary/aromatic N) is 4. The van der Waals surface area contributed by atoms with Gasteiger partial charge in [-0.15, -0.1) is 0 Å². The number of hydrogen-bond acceptors (Lipinski definition) is 5. The molecule has 1 aromatic carbocycles. The van der Waals surface area contributed by atoms with Crippen LogP contribution < -0.4 is 10.3 Å². The first-order valence-electron chi connectivity index (χ1n) is 9.80. The summed E-state index contributed by atoms with van der Waals surface area (Å²) in [5.41, 5.74) is 2.15. The Kier molecular flexibility index (Phi) is 5.07. The summed E-state index contributed by atoms with van der Waals surface area (Å²) in [6.45, 7) is 1.37. The van der Waals surface area contributed by atoms with Crippen molar-refractivity contribution in [2.24, 2.45) is 0 Å². The highest BCUT2D eigenvalue weighted by Gasteiger charge is 2.25. The molecule has 5 rings (SSSR count). The van der Waals surface area contributed by atoms with Crippen molar-refractivity contribution in [2.45, 2.75) is 19.6 Å². The summed E-state index contributed by atoms with van der Waals surface area (Å²) in [6.07, 6.45) is 3.05. The van der Waals surface area contributed by atoms with E-state index in [1.54, 1.807) is 16.8 Å². The average molecular weight is 467 g/mol. The summed E-state index contributed by atoms with van der Waals surface area (Å²) in [6, 6.07) is 12.6. The molecule has 0 amide bonds. The van der Waals surface area contributed by atoms with Crippen molar-refractivity contribution < 1.29 is 9.90 Å². The predicted molar refractivity (Wildman–Crippen MR) is 123 cm³/mol. The van der Waals surface area contributed by atoms with Crippen LogP contribution in [0, 0.1) is 0 Å². The second kappa shape index (κ2) is 7.93. The molecular formula is C23H16Cl2N4O3. The van der Waals surface area contributed by atoms with Gasteiger partial charge in [-0.05, 0) is 29.3 Å². The van der Waals surface area contributed by atoms with Gasteiger partial charge in [0.15, 0.2) is 5.82 Å². The Morgan fingerprint density at radius 2 is 1.91 bits per heavy atom. The first kappa shape index (κ1) is 20.5. The van der Waals surface area contributed by atoms with E-state index in [1.165, 1.54) is 12.3 Å². The van der Waals surface area contributed by atoms with Crippen molar-refractivity contribution in [1.29, 1.82) is 0 Å². The molecule has 0 aliphatic carbocycles. The van der Waals surface area contributed by atoms with Crippen LogP contribution in [-0.2, 0) is 19.6 Å². The number of carboxylic acids is 1. The van der Waals surface area contributed by atoms with E-state index in [2.05, 4.69) is 4.98 Å². The fourth-order valence-electron chi connectivity index (χ4n) is 3.93. The molecule has 0 saturated heterocycles. The number of pyridine rings is 3. The molecule has 0 spiro atoms. The maximum atomic E-state index is 12.9. The maximum Gasteiger partial charge on any atom is 0.341 e. The zero-order valence-electron chi connectivity index (χ0n) is 16.6. The molecule has 160 valence electrons. The van der Waals surface area contributed by atoms with Crippen LogP contribution in [0.2, 0.25) is 10.0 Å². The van der Waals surface area contributed by atoms with Crippen LogP contribution in [0.4, 0.5) is 5.82 Å². The van der Waals surface area contributed by atoms with E-state index in [9.17, 15) is 14.7 Å². The minimum absolute atomic E-state index is 0.139. The molecule has 7 nitrogen and oxygen atoms in total. The summed E-state index contributed by atoms with van der Waals surface area (Å²) in [7, 11) is 0. The van der Waals surface area contributed by atoms with E-state index in [0.717, 1.165) is 16.8 Å². The van der Waals surface area contributed by atoms with E-state index in [4.69, 9.17) is 28.2 Å². The number of aromatic carboxylic acids is 1. The van der Waals surface area contributed by atoms with Crippen LogP contribution in [0.5, 0.6) is 0 Å². The van der Waals surface area contributed by atoms with Crippen molar-refractivity contribution in [3.63, 3.8) is 0 Å². The molecule has 1 N–H and O–H groups in total. The molecule has 9 heteroatoms. The molecule has 0 unspecified atom stereocenters. The maximum absolute atomic E-state index is 12.9. The molecule has 1 aliphatic rings. The molecule has 4 aromatic rings. The topological polar surface area (TPSA) is 88.3 Å². The lowest BCUT2D eigenvalue weighted by molar-refractivity contribution is 0.0695. The number of benzene rings is 1. The molecular weight excluding hydrogens is 451 g/mol. The minimum atomic E-state index is -1.31. The Hall–Kier alpha value is -3.42. The van der Waals surface area contributed by atoms with Crippen molar-refractivity contribution in [1.82, 2.24) is 14.5 Å². The summed E-state index contributed by atoms with van der Waals surface area (Å²) in [5.74, 6) is -0.807. The highest BCUT2D eigenvalue weighted by Crippen LogP contribution is 2.33. The number of aromatic nitrogens is 3. The van der Waals surface area contributed by atoms with E-state index in [-0.39, 0.29) is 22.5 Å². The van der Waals surface area contributed by atoms with Gasteiger partial charge < -0.3 is 14.6 Å². The number of anilines is 1. The lowest BCUT2D eigenvalue weighted by Crippen LogP contribution is -2.22. The number of carbonyl (C=O) groups is 1. The lowest BCUT2D eigenvalue weighted by Gasteiger charge is -2.20. The number of halogens is 2. The van der Waals surface area contributed by atoms with E-state index >= 15 is 0 Å². The zero-order valence-corrected chi connectivity index (χ0v) is 18.1. The van der Waals surface area contributed by atoms with Gasteiger partial charge in [0, 0.05) is 24.0 Å². The van der Waals surface area contributed by atoms with Crippen LogP contribution in [0.15, 0.2) is 59.7 Å². The molecule has 0 bridgehead atoms. The van der Waals surface area contributed by atoms with Gasteiger partial charge in [0.2, 0.25) is 5.43 Å². The Morgan fingerprint density at radius 1 is 1.09 bits per heavy atom. The SMILES string of the molecule is O=C(O)c1cn(Cc2ccccc2Cl)c2nc(N3Cc4cccnc4C3)c(Cl)cc2c1=O. The number of rotatable bonds is 4. The van der Waals surface area contributed by atoms with Crippen molar-refractivity contribution in [3.05, 3.63) is 97.5 Å². The third-order valence-corrected chi connectivity index (χ3v) is 6.15. The molecule has 0 atom stereocenters. The van der Waals surface area contributed by atoms with Gasteiger partial charge in [-0.25, -0.2) is 9.78 Å². The smallest absolute Gasteiger partial charge is 0.341 e. The highest BCUT2D eigenvalue weighted by atomic mass is 35.5. The van der Waals surface area contributed by atoms with Crippen molar-refractivity contribution in [2.75, 3.05) is 4.90 Å². The molecule has 0 saturated carbocycles. The van der Waals surface area contributed by atoms with Gasteiger partial charge in [0.05, 0.1) is 29.2 Å². The van der Waals surface area contributed by atoms with Crippen LogP contribution >= 0.6 is 23.2 Å². The summed E-state index contributed by atoms with van der Waals surface area (Å²) in [4.78, 5) is 35.7. The van der Waals surface area contributed by atoms with E-state index in [1.807, 2.05) is 35.2 Å². The molecule has 0 radical (unpaired) electrons. The van der Waals surface area contributed by atoms with E-state index < -0.39 is 11.4 Å². The zero-order chi connectivity index (χ0) is 22.4. The third-order valence-electron chi connectivity index (χ3n) is 5.50. The van der Waals surface area contributed by atoms with Crippen LogP contribution in [0.1, 0.15) is 27.2 Å².